The number of amides is 2. The molecule has 2 aliphatic heterocycles. The number of aliphatic imine (C=N–C) groups is 1. The number of unbranched alkanes of at least 4 members (excludes halogenated alkanes) is 1. The molecule has 2 heterocycles. The minimum absolute atomic E-state index is 0.207. The summed E-state index contributed by atoms with van der Waals surface area (Å²) in [5.41, 5.74) is 8.97. The van der Waals surface area contributed by atoms with Gasteiger partial charge in [0.25, 0.3) is 0 Å². The number of benzene rings is 1. The second kappa shape index (κ2) is 12.8. The summed E-state index contributed by atoms with van der Waals surface area (Å²) in [6, 6.07) is 4.64. The lowest BCUT2D eigenvalue weighted by Crippen LogP contribution is -2.50. The molecule has 11 nitrogen and oxygen atoms in total. The van der Waals surface area contributed by atoms with Crippen LogP contribution in [0.15, 0.2) is 23.2 Å². The van der Waals surface area contributed by atoms with Crippen LogP contribution in [-0.2, 0) is 14.3 Å². The van der Waals surface area contributed by atoms with Crippen LogP contribution < -0.4 is 26.6 Å². The van der Waals surface area contributed by atoms with Gasteiger partial charge in [0, 0.05) is 44.2 Å². The minimum atomic E-state index is -1.26. The number of para-hydroxylation sites is 1. The number of nitrogens with one attached hydrogen (secondary N) is 3. The SMILES string of the molecule is CCCCOC(=O)N[C@@H](CNC(=O)C1CCN(c2cccc(C3=NCCCN3)c2N)CC1)C(=O)O. The molecule has 192 valence electrons. The molecule has 35 heavy (non-hydrogen) atoms. The number of piperidine rings is 1. The number of carboxylic acids is 1. The van der Waals surface area contributed by atoms with Gasteiger partial charge < -0.3 is 36.4 Å². The Kier molecular flexibility index (Phi) is 9.56. The summed E-state index contributed by atoms with van der Waals surface area (Å²) in [6.07, 6.45) is 2.97. The predicted octanol–water partition coefficient (Wildman–Crippen LogP) is 1.32. The number of carboxylic acid groups (broad SMARTS) is 1. The quantitative estimate of drug-likeness (QED) is 0.244. The highest BCUT2D eigenvalue weighted by Gasteiger charge is 2.28. The van der Waals surface area contributed by atoms with Crippen molar-refractivity contribution in [2.45, 2.75) is 45.1 Å². The van der Waals surface area contributed by atoms with Crippen molar-refractivity contribution in [1.29, 1.82) is 0 Å². The van der Waals surface area contributed by atoms with Gasteiger partial charge in [0.15, 0.2) is 0 Å². The topological polar surface area (TPSA) is 158 Å². The monoisotopic (exact) mass is 488 g/mol. The fourth-order valence-corrected chi connectivity index (χ4v) is 4.17. The van der Waals surface area contributed by atoms with E-state index in [1.807, 2.05) is 25.1 Å². The van der Waals surface area contributed by atoms with Gasteiger partial charge in [-0.3, -0.25) is 9.79 Å². The number of nitrogens with zero attached hydrogens (tertiary/aromatic N) is 2. The van der Waals surface area contributed by atoms with Crippen molar-refractivity contribution in [2.75, 3.05) is 50.0 Å². The van der Waals surface area contributed by atoms with Crippen LogP contribution in [0, 0.1) is 5.92 Å². The Morgan fingerprint density at radius 3 is 2.74 bits per heavy atom. The number of carbonyl (C=O) groups excluding carboxylic acids is 2. The van der Waals surface area contributed by atoms with E-state index in [1.54, 1.807) is 0 Å². The van der Waals surface area contributed by atoms with Gasteiger partial charge in [-0.05, 0) is 37.8 Å². The Morgan fingerprint density at radius 1 is 1.31 bits per heavy atom. The Morgan fingerprint density at radius 2 is 2.09 bits per heavy atom. The molecule has 2 amide bonds. The first-order valence-corrected chi connectivity index (χ1v) is 12.3. The van der Waals surface area contributed by atoms with Gasteiger partial charge in [-0.25, -0.2) is 9.59 Å². The molecule has 0 aromatic heterocycles. The number of nitrogen functional groups attached to an aromatic ring is 1. The van der Waals surface area contributed by atoms with Crippen LogP contribution in [0.1, 0.15) is 44.6 Å². The summed E-state index contributed by atoms with van der Waals surface area (Å²) >= 11 is 0. The number of ether oxygens (including phenoxy) is 1. The molecule has 0 spiro atoms. The van der Waals surface area contributed by atoms with Crippen molar-refractivity contribution < 1.29 is 24.2 Å². The summed E-state index contributed by atoms with van der Waals surface area (Å²) < 4.78 is 4.94. The van der Waals surface area contributed by atoms with E-state index >= 15 is 0 Å². The number of alkyl carbamates (subject to hydrolysis) is 1. The lowest BCUT2D eigenvalue weighted by Gasteiger charge is -2.34. The number of carbonyl (C=O) groups is 3. The maximum atomic E-state index is 12.7. The first-order chi connectivity index (χ1) is 16.9. The van der Waals surface area contributed by atoms with Crippen molar-refractivity contribution in [2.24, 2.45) is 10.9 Å². The van der Waals surface area contributed by atoms with E-state index in [0.717, 1.165) is 43.0 Å². The third kappa shape index (κ3) is 7.24. The molecule has 1 aromatic carbocycles. The van der Waals surface area contributed by atoms with Crippen LogP contribution in [0.5, 0.6) is 0 Å². The molecule has 0 radical (unpaired) electrons. The van der Waals surface area contributed by atoms with E-state index in [4.69, 9.17) is 10.5 Å². The van der Waals surface area contributed by atoms with Gasteiger partial charge >= 0.3 is 12.1 Å². The molecule has 3 rings (SSSR count). The third-order valence-corrected chi connectivity index (χ3v) is 6.24. The third-order valence-electron chi connectivity index (χ3n) is 6.24. The standard InChI is InChI=1S/C24H36N6O5/c1-2-3-14-35-24(34)29-18(23(32)33)15-28-22(31)16-8-12-30(13-9-16)19-7-4-6-17(20(19)25)21-26-10-5-11-27-21/h4,6-7,16,18H,2-3,5,8-15,25H2,1H3,(H,26,27)(H,28,31)(H,29,34)(H,32,33)/t18-/m0/s1. The zero-order valence-corrected chi connectivity index (χ0v) is 20.2. The van der Waals surface area contributed by atoms with Gasteiger partial charge in [-0.1, -0.05) is 19.4 Å². The van der Waals surface area contributed by atoms with Crippen LogP contribution in [0.25, 0.3) is 0 Å². The molecule has 0 unspecified atom stereocenters. The van der Waals surface area contributed by atoms with Crippen molar-refractivity contribution >= 4 is 35.2 Å². The lowest BCUT2D eigenvalue weighted by molar-refractivity contribution is -0.139. The second-order valence-electron chi connectivity index (χ2n) is 8.78. The number of rotatable bonds is 10. The molecule has 0 bridgehead atoms. The van der Waals surface area contributed by atoms with E-state index in [9.17, 15) is 19.5 Å². The summed E-state index contributed by atoms with van der Waals surface area (Å²) in [7, 11) is 0. The molecule has 1 aromatic rings. The average molecular weight is 489 g/mol. The fourth-order valence-electron chi connectivity index (χ4n) is 4.17. The van der Waals surface area contributed by atoms with Crippen LogP contribution >= 0.6 is 0 Å². The van der Waals surface area contributed by atoms with E-state index in [-0.39, 0.29) is 25.0 Å². The van der Waals surface area contributed by atoms with Gasteiger partial charge in [0.2, 0.25) is 5.91 Å². The number of hydrogen-bond acceptors (Lipinski definition) is 8. The highest BCUT2D eigenvalue weighted by Crippen LogP contribution is 2.31. The smallest absolute Gasteiger partial charge is 0.407 e. The molecule has 0 aliphatic carbocycles. The first kappa shape index (κ1) is 26.1. The summed E-state index contributed by atoms with van der Waals surface area (Å²) in [5, 5.41) is 17.6. The molecular weight excluding hydrogens is 452 g/mol. The normalized spacial score (nSPS) is 17.1. The highest BCUT2D eigenvalue weighted by molar-refractivity contribution is 6.05. The number of anilines is 2. The Hall–Kier alpha value is -3.50. The Bertz CT molecular complexity index is 929. The van der Waals surface area contributed by atoms with Crippen molar-refractivity contribution in [3.8, 4) is 0 Å². The van der Waals surface area contributed by atoms with Gasteiger partial charge in [0.1, 0.15) is 11.9 Å². The molecule has 11 heteroatoms. The molecule has 0 saturated carbocycles. The molecule has 1 saturated heterocycles. The summed E-state index contributed by atoms with van der Waals surface area (Å²) in [4.78, 5) is 42.6. The van der Waals surface area contributed by atoms with Crippen molar-refractivity contribution in [1.82, 2.24) is 16.0 Å². The van der Waals surface area contributed by atoms with Crippen LogP contribution in [0.2, 0.25) is 0 Å². The van der Waals surface area contributed by atoms with Crippen LogP contribution in [0.4, 0.5) is 16.2 Å². The second-order valence-corrected chi connectivity index (χ2v) is 8.78. The van der Waals surface area contributed by atoms with Crippen LogP contribution in [0.3, 0.4) is 0 Å². The lowest BCUT2D eigenvalue weighted by atomic mass is 9.95. The molecule has 1 fully saturated rings. The number of amidine groups is 1. The highest BCUT2D eigenvalue weighted by atomic mass is 16.5. The minimum Gasteiger partial charge on any atom is -0.480 e. The average Bonchev–Trinajstić information content (AvgIpc) is 2.87. The maximum absolute atomic E-state index is 12.7. The van der Waals surface area contributed by atoms with E-state index in [2.05, 4.69) is 25.8 Å². The summed E-state index contributed by atoms with van der Waals surface area (Å²) in [5.74, 6) is -0.883. The largest absolute Gasteiger partial charge is 0.480 e. The fraction of sp³-hybridized carbons (Fsp3) is 0.583. The molecular formula is C24H36N6O5. The van der Waals surface area contributed by atoms with Crippen molar-refractivity contribution in [3.63, 3.8) is 0 Å². The Balaban J connectivity index is 1.50. The van der Waals surface area contributed by atoms with Gasteiger partial charge in [0.05, 0.1) is 18.0 Å². The van der Waals surface area contributed by atoms with Gasteiger partial charge in [-0.15, -0.1) is 0 Å². The zero-order chi connectivity index (χ0) is 25.2. The maximum Gasteiger partial charge on any atom is 0.407 e. The summed E-state index contributed by atoms with van der Waals surface area (Å²) in [6.45, 7) is 4.93. The molecule has 2 aliphatic rings. The zero-order valence-electron chi connectivity index (χ0n) is 20.2. The number of aliphatic carboxylic acids is 1. The first-order valence-electron chi connectivity index (χ1n) is 12.3. The van der Waals surface area contributed by atoms with Gasteiger partial charge in [-0.2, -0.15) is 0 Å². The molecule has 6 N–H and O–H groups in total. The molecule has 1 atom stereocenters. The predicted molar refractivity (Wildman–Crippen MR) is 134 cm³/mol. The van der Waals surface area contributed by atoms with Crippen molar-refractivity contribution in [3.05, 3.63) is 23.8 Å². The van der Waals surface area contributed by atoms with E-state index in [1.165, 1.54) is 0 Å². The number of hydrogen-bond donors (Lipinski definition) is 5. The Labute approximate surface area is 205 Å². The van der Waals surface area contributed by atoms with E-state index < -0.39 is 18.1 Å². The van der Waals surface area contributed by atoms with Crippen LogP contribution in [-0.4, -0.2) is 74.3 Å². The van der Waals surface area contributed by atoms with E-state index in [0.29, 0.717) is 38.0 Å². The number of nitrogens with two attached hydrogens (primary N) is 1.